The number of urea groups is 1. The molecule has 0 fully saturated rings. The second-order valence-electron chi connectivity index (χ2n) is 5.33. The van der Waals surface area contributed by atoms with Crippen LogP contribution in [-0.4, -0.2) is 29.4 Å². The lowest BCUT2D eigenvalue weighted by Crippen LogP contribution is -2.32. The summed E-state index contributed by atoms with van der Waals surface area (Å²) < 4.78 is 18.9. The van der Waals surface area contributed by atoms with Gasteiger partial charge in [-0.2, -0.15) is 0 Å². The monoisotopic (exact) mass is 352 g/mol. The van der Waals surface area contributed by atoms with Gasteiger partial charge in [-0.1, -0.05) is 42.5 Å². The minimum atomic E-state index is -0.510. The molecule has 132 valence electrons. The number of amides is 2. The van der Waals surface area contributed by atoms with Gasteiger partial charge < -0.3 is 15.4 Å². The van der Waals surface area contributed by atoms with Crippen LogP contribution in [0.1, 0.15) is 0 Å². The molecule has 26 heavy (non-hydrogen) atoms. The van der Waals surface area contributed by atoms with E-state index in [9.17, 15) is 9.18 Å². The number of carbonyl (C=O) groups is 1. The van der Waals surface area contributed by atoms with Crippen molar-refractivity contribution in [3.8, 4) is 17.1 Å². The number of nitrogens with one attached hydrogen (secondary N) is 2. The summed E-state index contributed by atoms with van der Waals surface area (Å²) in [7, 11) is 0. The minimum Gasteiger partial charge on any atom is -0.475 e. The van der Waals surface area contributed by atoms with Crippen LogP contribution in [0.15, 0.2) is 66.7 Å². The molecule has 0 spiro atoms. The number of rotatable bonds is 6. The van der Waals surface area contributed by atoms with E-state index < -0.39 is 11.8 Å². The predicted molar refractivity (Wildman–Crippen MR) is 96.4 cm³/mol. The Labute approximate surface area is 150 Å². The van der Waals surface area contributed by atoms with E-state index in [4.69, 9.17) is 4.74 Å². The lowest BCUT2D eigenvalue weighted by Gasteiger charge is -2.09. The molecule has 0 saturated heterocycles. The summed E-state index contributed by atoms with van der Waals surface area (Å²) in [4.78, 5) is 11.7. The van der Waals surface area contributed by atoms with E-state index in [-0.39, 0.29) is 18.8 Å². The van der Waals surface area contributed by atoms with E-state index >= 15 is 0 Å². The van der Waals surface area contributed by atoms with Crippen LogP contribution in [0.25, 0.3) is 11.3 Å². The van der Waals surface area contributed by atoms with Crippen LogP contribution < -0.4 is 15.4 Å². The average Bonchev–Trinajstić information content (AvgIpc) is 2.68. The molecule has 0 aliphatic rings. The second-order valence-corrected chi connectivity index (χ2v) is 5.33. The molecule has 0 atom stereocenters. The van der Waals surface area contributed by atoms with Gasteiger partial charge in [0.2, 0.25) is 5.88 Å². The number of halogens is 1. The number of benzene rings is 2. The summed E-state index contributed by atoms with van der Waals surface area (Å²) >= 11 is 0. The summed E-state index contributed by atoms with van der Waals surface area (Å²) in [6.07, 6.45) is 0. The maximum atomic E-state index is 13.4. The van der Waals surface area contributed by atoms with Gasteiger partial charge in [0.05, 0.1) is 17.9 Å². The largest absolute Gasteiger partial charge is 0.475 e. The van der Waals surface area contributed by atoms with E-state index in [1.54, 1.807) is 18.2 Å². The first-order valence-corrected chi connectivity index (χ1v) is 8.04. The van der Waals surface area contributed by atoms with Crippen LogP contribution in [0.3, 0.4) is 0 Å². The topological polar surface area (TPSA) is 76.1 Å². The van der Waals surface area contributed by atoms with Crippen molar-refractivity contribution in [3.63, 3.8) is 0 Å². The summed E-state index contributed by atoms with van der Waals surface area (Å²) in [5.74, 6) is -0.131. The first-order chi connectivity index (χ1) is 12.7. The summed E-state index contributed by atoms with van der Waals surface area (Å²) in [6, 6.07) is 18.7. The standard InChI is InChI=1S/C19H17FN4O2/c20-15-8-4-5-9-17(15)22-19(25)21-12-13-26-18-11-10-16(23-24-18)14-6-2-1-3-7-14/h1-11H,12-13H2,(H2,21,22,25). The molecule has 0 radical (unpaired) electrons. The first-order valence-electron chi connectivity index (χ1n) is 8.04. The molecule has 2 amide bonds. The molecular formula is C19H17FN4O2. The fourth-order valence-corrected chi connectivity index (χ4v) is 2.21. The molecular weight excluding hydrogens is 335 g/mol. The third kappa shape index (κ3) is 4.76. The molecule has 0 saturated carbocycles. The lowest BCUT2D eigenvalue weighted by atomic mass is 10.1. The number of para-hydroxylation sites is 1. The van der Waals surface area contributed by atoms with Crippen molar-refractivity contribution in [2.75, 3.05) is 18.5 Å². The number of nitrogens with zero attached hydrogens (tertiary/aromatic N) is 2. The highest BCUT2D eigenvalue weighted by atomic mass is 19.1. The number of hydrogen-bond donors (Lipinski definition) is 2. The molecule has 7 heteroatoms. The van der Waals surface area contributed by atoms with E-state index in [2.05, 4.69) is 20.8 Å². The zero-order valence-corrected chi connectivity index (χ0v) is 13.9. The Morgan fingerprint density at radius 1 is 0.962 bits per heavy atom. The van der Waals surface area contributed by atoms with Crippen LogP contribution in [0.2, 0.25) is 0 Å². The Morgan fingerprint density at radius 2 is 1.73 bits per heavy atom. The fourth-order valence-electron chi connectivity index (χ4n) is 2.21. The zero-order valence-electron chi connectivity index (χ0n) is 13.9. The normalized spacial score (nSPS) is 10.2. The number of anilines is 1. The molecule has 0 bridgehead atoms. The van der Waals surface area contributed by atoms with Crippen molar-refractivity contribution < 1.29 is 13.9 Å². The average molecular weight is 352 g/mol. The Kier molecular flexibility index (Phi) is 5.72. The van der Waals surface area contributed by atoms with Crippen molar-refractivity contribution in [2.24, 2.45) is 0 Å². The van der Waals surface area contributed by atoms with Gasteiger partial charge in [-0.15, -0.1) is 10.2 Å². The molecule has 3 rings (SSSR count). The van der Waals surface area contributed by atoms with Gasteiger partial charge in [-0.3, -0.25) is 0 Å². The minimum absolute atomic E-state index is 0.119. The highest BCUT2D eigenvalue weighted by molar-refractivity contribution is 5.89. The molecule has 0 aliphatic heterocycles. The van der Waals surface area contributed by atoms with Crippen LogP contribution in [0.5, 0.6) is 5.88 Å². The Bertz CT molecular complexity index is 857. The lowest BCUT2D eigenvalue weighted by molar-refractivity contribution is 0.246. The van der Waals surface area contributed by atoms with E-state index in [0.29, 0.717) is 5.88 Å². The number of aromatic nitrogens is 2. The summed E-state index contributed by atoms with van der Waals surface area (Å²) in [5.41, 5.74) is 1.84. The molecule has 2 N–H and O–H groups in total. The number of ether oxygens (including phenoxy) is 1. The van der Waals surface area contributed by atoms with Gasteiger partial charge in [-0.25, -0.2) is 9.18 Å². The first kappa shape index (κ1) is 17.3. The molecule has 3 aromatic rings. The Hall–Kier alpha value is -3.48. The fraction of sp³-hybridized carbons (Fsp3) is 0.105. The molecule has 2 aromatic carbocycles. The number of carbonyl (C=O) groups excluding carboxylic acids is 1. The Morgan fingerprint density at radius 3 is 2.46 bits per heavy atom. The third-order valence-electron chi connectivity index (χ3n) is 3.47. The van der Waals surface area contributed by atoms with Crippen molar-refractivity contribution in [3.05, 3.63) is 72.5 Å². The van der Waals surface area contributed by atoms with Crippen LogP contribution >= 0.6 is 0 Å². The van der Waals surface area contributed by atoms with Gasteiger partial charge in [0.15, 0.2) is 0 Å². The molecule has 1 heterocycles. The molecule has 1 aromatic heterocycles. The van der Waals surface area contributed by atoms with E-state index in [0.717, 1.165) is 11.3 Å². The van der Waals surface area contributed by atoms with Gasteiger partial charge in [-0.05, 0) is 18.2 Å². The molecule has 6 nitrogen and oxygen atoms in total. The number of hydrogen-bond acceptors (Lipinski definition) is 4. The van der Waals surface area contributed by atoms with Crippen molar-refractivity contribution in [2.45, 2.75) is 0 Å². The second kappa shape index (κ2) is 8.57. The van der Waals surface area contributed by atoms with Gasteiger partial charge in [0, 0.05) is 11.6 Å². The van der Waals surface area contributed by atoms with Gasteiger partial charge in [0.25, 0.3) is 0 Å². The van der Waals surface area contributed by atoms with Crippen molar-refractivity contribution in [1.29, 1.82) is 0 Å². The Balaban J connectivity index is 1.42. The molecule has 0 aliphatic carbocycles. The SMILES string of the molecule is O=C(NCCOc1ccc(-c2ccccc2)nn1)Nc1ccccc1F. The van der Waals surface area contributed by atoms with Crippen LogP contribution in [0.4, 0.5) is 14.9 Å². The summed E-state index contributed by atoms with van der Waals surface area (Å²) in [5, 5.41) is 13.1. The maximum Gasteiger partial charge on any atom is 0.319 e. The highest BCUT2D eigenvalue weighted by Crippen LogP contribution is 2.17. The zero-order chi connectivity index (χ0) is 18.2. The highest BCUT2D eigenvalue weighted by Gasteiger charge is 2.06. The van der Waals surface area contributed by atoms with Crippen molar-refractivity contribution in [1.82, 2.24) is 15.5 Å². The summed E-state index contributed by atoms with van der Waals surface area (Å²) in [6.45, 7) is 0.451. The molecule has 0 unspecified atom stereocenters. The van der Waals surface area contributed by atoms with Crippen molar-refractivity contribution >= 4 is 11.7 Å². The van der Waals surface area contributed by atoms with Crippen LogP contribution in [-0.2, 0) is 0 Å². The van der Waals surface area contributed by atoms with Gasteiger partial charge >= 0.3 is 6.03 Å². The van der Waals surface area contributed by atoms with Gasteiger partial charge in [0.1, 0.15) is 12.4 Å². The van der Waals surface area contributed by atoms with E-state index in [1.807, 2.05) is 36.4 Å². The van der Waals surface area contributed by atoms with E-state index in [1.165, 1.54) is 12.1 Å². The maximum absolute atomic E-state index is 13.4. The third-order valence-corrected chi connectivity index (χ3v) is 3.47. The quantitative estimate of drug-likeness (QED) is 0.666. The predicted octanol–water partition coefficient (Wildman–Crippen LogP) is 3.48. The smallest absolute Gasteiger partial charge is 0.319 e. The van der Waals surface area contributed by atoms with Crippen LogP contribution in [0, 0.1) is 5.82 Å².